The number of carbonyl (C=O) groups is 1. The molecule has 0 spiro atoms. The zero-order valence-electron chi connectivity index (χ0n) is 14.7. The highest BCUT2D eigenvalue weighted by molar-refractivity contribution is 5.78. The van der Waals surface area contributed by atoms with Gasteiger partial charge >= 0.3 is 0 Å². The van der Waals surface area contributed by atoms with Crippen LogP contribution in [0.15, 0.2) is 0 Å². The van der Waals surface area contributed by atoms with E-state index in [-0.39, 0.29) is 0 Å². The van der Waals surface area contributed by atoms with Crippen LogP contribution in [0.25, 0.3) is 0 Å². The average Bonchev–Trinajstić information content (AvgIpc) is 2.63. The monoisotopic (exact) mass is 322 g/mol. The number of rotatable bonds is 5. The Labute approximate surface area is 141 Å². The summed E-state index contributed by atoms with van der Waals surface area (Å²) in [6.45, 7) is 12.0. The van der Waals surface area contributed by atoms with Gasteiger partial charge in [0.05, 0.1) is 6.54 Å². The van der Waals surface area contributed by atoms with Gasteiger partial charge in [0.25, 0.3) is 0 Å². The van der Waals surface area contributed by atoms with Gasteiger partial charge in [0.2, 0.25) is 5.91 Å². The second-order valence-corrected chi connectivity index (χ2v) is 7.46. The first kappa shape index (κ1) is 17.2. The molecule has 0 atom stereocenters. The molecular weight excluding hydrogens is 288 g/mol. The second kappa shape index (κ2) is 9.00. The fourth-order valence-corrected chi connectivity index (χ4v) is 4.07. The van der Waals surface area contributed by atoms with Gasteiger partial charge in [-0.1, -0.05) is 6.42 Å². The molecule has 3 aliphatic rings. The maximum Gasteiger partial charge on any atom is 0.236 e. The van der Waals surface area contributed by atoms with Crippen LogP contribution in [0.1, 0.15) is 38.5 Å². The first-order chi connectivity index (χ1) is 11.3. The minimum Gasteiger partial charge on any atom is -0.342 e. The van der Waals surface area contributed by atoms with Gasteiger partial charge in [-0.15, -0.1) is 0 Å². The van der Waals surface area contributed by atoms with Gasteiger partial charge in [0.15, 0.2) is 0 Å². The van der Waals surface area contributed by atoms with Crippen LogP contribution in [-0.4, -0.2) is 97.5 Å². The summed E-state index contributed by atoms with van der Waals surface area (Å²) in [7, 11) is 0. The van der Waals surface area contributed by atoms with Gasteiger partial charge in [-0.3, -0.25) is 14.6 Å². The number of carbonyl (C=O) groups excluding carboxylic acids is 1. The summed E-state index contributed by atoms with van der Waals surface area (Å²) >= 11 is 0. The number of piperazine rings is 1. The first-order valence-corrected chi connectivity index (χ1v) is 9.76. The van der Waals surface area contributed by atoms with E-state index in [0.717, 1.165) is 39.3 Å². The lowest BCUT2D eigenvalue weighted by Gasteiger charge is -2.37. The summed E-state index contributed by atoms with van der Waals surface area (Å²) in [5.41, 5.74) is 0. The summed E-state index contributed by atoms with van der Waals surface area (Å²) in [6, 6.07) is 0. The van der Waals surface area contributed by atoms with Crippen LogP contribution >= 0.6 is 0 Å². The SMILES string of the molecule is O=C(CN1CCN(CCN2CCCCC2)CC1)N1CCCCC1. The van der Waals surface area contributed by atoms with Crippen LogP contribution in [0.4, 0.5) is 0 Å². The van der Waals surface area contributed by atoms with Crippen molar-refractivity contribution >= 4 is 5.91 Å². The summed E-state index contributed by atoms with van der Waals surface area (Å²) in [5.74, 6) is 0.353. The lowest BCUT2D eigenvalue weighted by Crippen LogP contribution is -2.51. The fourth-order valence-electron chi connectivity index (χ4n) is 4.07. The number of likely N-dealkylation sites (tertiary alicyclic amines) is 2. The van der Waals surface area contributed by atoms with Crippen LogP contribution in [0.3, 0.4) is 0 Å². The molecule has 3 aliphatic heterocycles. The van der Waals surface area contributed by atoms with E-state index in [1.165, 1.54) is 64.7 Å². The Morgan fingerprint density at radius 3 is 1.65 bits per heavy atom. The Morgan fingerprint density at radius 1 is 0.565 bits per heavy atom. The molecule has 0 N–H and O–H groups in total. The van der Waals surface area contributed by atoms with Crippen molar-refractivity contribution in [3.8, 4) is 0 Å². The summed E-state index contributed by atoms with van der Waals surface area (Å²) in [4.78, 5) is 22.0. The van der Waals surface area contributed by atoms with E-state index >= 15 is 0 Å². The molecule has 3 saturated heterocycles. The van der Waals surface area contributed by atoms with Crippen LogP contribution in [0.2, 0.25) is 0 Å². The first-order valence-electron chi connectivity index (χ1n) is 9.76. The van der Waals surface area contributed by atoms with Gasteiger partial charge in [-0.2, -0.15) is 0 Å². The smallest absolute Gasteiger partial charge is 0.236 e. The van der Waals surface area contributed by atoms with Gasteiger partial charge < -0.3 is 9.80 Å². The number of piperidine rings is 2. The molecule has 0 aromatic carbocycles. The van der Waals surface area contributed by atoms with Crippen molar-refractivity contribution in [2.24, 2.45) is 0 Å². The molecular formula is C18H34N4O. The van der Waals surface area contributed by atoms with Crippen molar-refractivity contribution in [2.45, 2.75) is 38.5 Å². The van der Waals surface area contributed by atoms with Crippen molar-refractivity contribution in [1.82, 2.24) is 19.6 Å². The highest BCUT2D eigenvalue weighted by Gasteiger charge is 2.23. The number of nitrogens with zero attached hydrogens (tertiary/aromatic N) is 4. The zero-order valence-corrected chi connectivity index (χ0v) is 14.7. The van der Waals surface area contributed by atoms with E-state index in [2.05, 4.69) is 19.6 Å². The highest BCUT2D eigenvalue weighted by atomic mass is 16.2. The van der Waals surface area contributed by atoms with E-state index in [1.807, 2.05) is 0 Å². The number of hydrogen-bond acceptors (Lipinski definition) is 4. The maximum atomic E-state index is 12.3. The predicted octanol–water partition coefficient (Wildman–Crippen LogP) is 1.10. The lowest BCUT2D eigenvalue weighted by atomic mass is 10.1. The molecule has 0 saturated carbocycles. The predicted molar refractivity (Wildman–Crippen MR) is 93.6 cm³/mol. The molecule has 0 radical (unpaired) electrons. The Morgan fingerprint density at radius 2 is 1.04 bits per heavy atom. The van der Waals surface area contributed by atoms with Gasteiger partial charge in [0.1, 0.15) is 0 Å². The van der Waals surface area contributed by atoms with Crippen molar-refractivity contribution in [2.75, 3.05) is 72.0 Å². The normalized spacial score (nSPS) is 25.7. The van der Waals surface area contributed by atoms with E-state index in [9.17, 15) is 4.79 Å². The van der Waals surface area contributed by atoms with Gasteiger partial charge in [-0.05, 0) is 45.2 Å². The average molecular weight is 322 g/mol. The molecule has 0 bridgehead atoms. The molecule has 3 rings (SSSR count). The molecule has 0 aliphatic carbocycles. The molecule has 23 heavy (non-hydrogen) atoms. The lowest BCUT2D eigenvalue weighted by molar-refractivity contribution is -0.133. The molecule has 0 aromatic rings. The molecule has 3 heterocycles. The highest BCUT2D eigenvalue weighted by Crippen LogP contribution is 2.11. The molecule has 0 unspecified atom stereocenters. The second-order valence-electron chi connectivity index (χ2n) is 7.46. The number of hydrogen-bond donors (Lipinski definition) is 0. The van der Waals surface area contributed by atoms with Crippen LogP contribution in [0.5, 0.6) is 0 Å². The van der Waals surface area contributed by atoms with E-state index in [4.69, 9.17) is 0 Å². The Hall–Kier alpha value is -0.650. The van der Waals surface area contributed by atoms with Crippen molar-refractivity contribution in [3.05, 3.63) is 0 Å². The molecule has 132 valence electrons. The molecule has 3 fully saturated rings. The Kier molecular flexibility index (Phi) is 6.72. The standard InChI is InChI=1S/C18H34N4O/c23-18(22-9-5-2-6-10-22)17-21-15-13-20(14-16-21)12-11-19-7-3-1-4-8-19/h1-17H2. The van der Waals surface area contributed by atoms with Gasteiger partial charge in [-0.25, -0.2) is 0 Å². The van der Waals surface area contributed by atoms with Crippen LogP contribution in [0, 0.1) is 0 Å². The zero-order chi connectivity index (χ0) is 15.9. The minimum atomic E-state index is 0.353. The fraction of sp³-hybridized carbons (Fsp3) is 0.944. The third-order valence-corrected chi connectivity index (χ3v) is 5.71. The largest absolute Gasteiger partial charge is 0.342 e. The summed E-state index contributed by atoms with van der Waals surface area (Å²) in [6.07, 6.45) is 7.85. The van der Waals surface area contributed by atoms with Crippen LogP contribution < -0.4 is 0 Å². The van der Waals surface area contributed by atoms with E-state index in [0.29, 0.717) is 12.5 Å². The van der Waals surface area contributed by atoms with Crippen LogP contribution in [-0.2, 0) is 4.79 Å². The Bertz CT molecular complexity index is 356. The molecule has 0 aromatic heterocycles. The van der Waals surface area contributed by atoms with Crippen molar-refractivity contribution < 1.29 is 4.79 Å². The van der Waals surface area contributed by atoms with Gasteiger partial charge in [0, 0.05) is 52.4 Å². The quantitative estimate of drug-likeness (QED) is 0.758. The Balaban J connectivity index is 1.31. The van der Waals surface area contributed by atoms with Crippen molar-refractivity contribution in [3.63, 3.8) is 0 Å². The van der Waals surface area contributed by atoms with E-state index in [1.54, 1.807) is 0 Å². The van der Waals surface area contributed by atoms with E-state index < -0.39 is 0 Å². The summed E-state index contributed by atoms with van der Waals surface area (Å²) in [5, 5.41) is 0. The third-order valence-electron chi connectivity index (χ3n) is 5.71. The third kappa shape index (κ3) is 5.44. The molecule has 5 heteroatoms. The molecule has 1 amide bonds. The maximum absolute atomic E-state index is 12.3. The number of amides is 1. The molecule has 5 nitrogen and oxygen atoms in total. The minimum absolute atomic E-state index is 0.353. The topological polar surface area (TPSA) is 30.0 Å². The summed E-state index contributed by atoms with van der Waals surface area (Å²) < 4.78 is 0. The van der Waals surface area contributed by atoms with Crippen molar-refractivity contribution in [1.29, 1.82) is 0 Å².